The smallest absolute Gasteiger partial charge is 0.275 e. The molecule has 1 aromatic heterocycles. The normalized spacial score (nSPS) is 9.93. The number of rotatable bonds is 2. The van der Waals surface area contributed by atoms with Gasteiger partial charge in [0.1, 0.15) is 11.5 Å². The highest BCUT2D eigenvalue weighted by molar-refractivity contribution is 7.07. The Kier molecular flexibility index (Phi) is 2.73. The lowest BCUT2D eigenvalue weighted by atomic mass is 10.3. The van der Waals surface area contributed by atoms with Gasteiger partial charge in [0.25, 0.3) is 5.91 Å². The second-order valence-electron chi connectivity index (χ2n) is 2.84. The molecule has 0 spiro atoms. The molecule has 1 N–H and O–H groups in total. The average Bonchev–Trinajstić information content (AvgIpc) is 2.70. The van der Waals surface area contributed by atoms with E-state index in [2.05, 4.69) is 10.3 Å². The Balaban J connectivity index is 2.13. The molecule has 0 aliphatic rings. The molecule has 0 fully saturated rings. The van der Waals surface area contributed by atoms with Crippen molar-refractivity contribution in [3.05, 3.63) is 46.7 Å². The highest BCUT2D eigenvalue weighted by Crippen LogP contribution is 2.11. The fourth-order valence-electron chi connectivity index (χ4n) is 1.09. The summed E-state index contributed by atoms with van der Waals surface area (Å²) in [5, 5.41) is 4.18. The van der Waals surface area contributed by atoms with Gasteiger partial charge in [-0.05, 0) is 18.2 Å². The van der Waals surface area contributed by atoms with Crippen molar-refractivity contribution in [3.63, 3.8) is 0 Å². The maximum Gasteiger partial charge on any atom is 0.275 e. The van der Waals surface area contributed by atoms with Crippen LogP contribution in [0, 0.1) is 5.82 Å². The van der Waals surface area contributed by atoms with Gasteiger partial charge < -0.3 is 5.32 Å². The van der Waals surface area contributed by atoms with Crippen molar-refractivity contribution in [2.75, 3.05) is 5.32 Å². The highest BCUT2D eigenvalue weighted by atomic mass is 32.1. The number of nitrogens with one attached hydrogen (secondary N) is 1. The minimum Gasteiger partial charge on any atom is -0.321 e. The van der Waals surface area contributed by atoms with E-state index in [4.69, 9.17) is 0 Å². The molecule has 0 aliphatic carbocycles. The summed E-state index contributed by atoms with van der Waals surface area (Å²) in [6, 6.07) is 5.72. The monoisotopic (exact) mass is 222 g/mol. The first-order valence-corrected chi connectivity index (χ1v) is 5.15. The SMILES string of the molecule is O=C(Nc1cccc(F)c1)c1cscn1. The third-order valence-corrected chi connectivity index (χ3v) is 2.33. The summed E-state index contributed by atoms with van der Waals surface area (Å²) >= 11 is 1.34. The molecule has 3 nitrogen and oxygen atoms in total. The van der Waals surface area contributed by atoms with E-state index >= 15 is 0 Å². The number of hydrogen-bond acceptors (Lipinski definition) is 3. The van der Waals surface area contributed by atoms with E-state index in [-0.39, 0.29) is 11.7 Å². The van der Waals surface area contributed by atoms with Crippen molar-refractivity contribution in [1.82, 2.24) is 4.98 Å². The zero-order valence-corrected chi connectivity index (χ0v) is 8.42. The lowest BCUT2D eigenvalue weighted by molar-refractivity contribution is 0.102. The predicted octanol–water partition coefficient (Wildman–Crippen LogP) is 2.53. The first kappa shape index (κ1) is 9.79. The first-order valence-electron chi connectivity index (χ1n) is 4.21. The second-order valence-corrected chi connectivity index (χ2v) is 3.56. The maximum absolute atomic E-state index is 12.8. The minimum atomic E-state index is -0.383. The van der Waals surface area contributed by atoms with Crippen molar-refractivity contribution in [3.8, 4) is 0 Å². The predicted molar refractivity (Wildman–Crippen MR) is 56.5 cm³/mol. The van der Waals surface area contributed by atoms with E-state index in [9.17, 15) is 9.18 Å². The molecular formula is C10H7FN2OS. The first-order chi connectivity index (χ1) is 7.25. The molecule has 0 bridgehead atoms. The van der Waals surface area contributed by atoms with Crippen LogP contribution in [-0.4, -0.2) is 10.9 Å². The maximum atomic E-state index is 12.8. The van der Waals surface area contributed by atoms with Crippen LogP contribution < -0.4 is 5.32 Å². The molecule has 0 unspecified atom stereocenters. The summed E-state index contributed by atoms with van der Waals surface area (Å²) in [6.07, 6.45) is 0. The number of nitrogens with zero attached hydrogens (tertiary/aromatic N) is 1. The van der Waals surface area contributed by atoms with Crippen LogP contribution in [0.25, 0.3) is 0 Å². The van der Waals surface area contributed by atoms with Crippen LogP contribution in [0.5, 0.6) is 0 Å². The number of hydrogen-bond donors (Lipinski definition) is 1. The molecule has 0 saturated heterocycles. The van der Waals surface area contributed by atoms with E-state index in [0.29, 0.717) is 11.4 Å². The van der Waals surface area contributed by atoms with Crippen molar-refractivity contribution in [2.24, 2.45) is 0 Å². The molecule has 2 aromatic rings. The van der Waals surface area contributed by atoms with Crippen LogP contribution in [0.15, 0.2) is 35.2 Å². The largest absolute Gasteiger partial charge is 0.321 e. The summed E-state index contributed by atoms with van der Waals surface area (Å²) in [7, 11) is 0. The van der Waals surface area contributed by atoms with Gasteiger partial charge in [0, 0.05) is 11.1 Å². The Morgan fingerprint density at radius 3 is 3.00 bits per heavy atom. The number of anilines is 1. The van der Waals surface area contributed by atoms with E-state index < -0.39 is 0 Å². The Morgan fingerprint density at radius 1 is 1.47 bits per heavy atom. The van der Waals surface area contributed by atoms with Gasteiger partial charge in [-0.3, -0.25) is 4.79 Å². The molecule has 0 radical (unpaired) electrons. The van der Waals surface area contributed by atoms with Gasteiger partial charge in [0.2, 0.25) is 0 Å². The third kappa shape index (κ3) is 2.38. The van der Waals surface area contributed by atoms with E-state index in [1.165, 1.54) is 29.5 Å². The molecule has 1 heterocycles. The molecular weight excluding hydrogens is 215 g/mol. The van der Waals surface area contributed by atoms with Crippen LogP contribution in [0.1, 0.15) is 10.5 Å². The van der Waals surface area contributed by atoms with Gasteiger partial charge in [0.05, 0.1) is 5.51 Å². The van der Waals surface area contributed by atoms with Crippen molar-refractivity contribution >= 4 is 22.9 Å². The summed E-state index contributed by atoms with van der Waals surface area (Å²) < 4.78 is 12.8. The number of thiazole rings is 1. The van der Waals surface area contributed by atoms with E-state index in [1.54, 1.807) is 17.0 Å². The molecule has 15 heavy (non-hydrogen) atoms. The molecule has 0 aliphatic heterocycles. The lowest BCUT2D eigenvalue weighted by Crippen LogP contribution is -2.12. The van der Waals surface area contributed by atoms with Gasteiger partial charge in [-0.1, -0.05) is 6.07 Å². The molecule has 0 saturated carbocycles. The van der Waals surface area contributed by atoms with Crippen molar-refractivity contribution < 1.29 is 9.18 Å². The van der Waals surface area contributed by atoms with E-state index in [1.807, 2.05) is 0 Å². The Bertz CT molecular complexity index is 470. The lowest BCUT2D eigenvalue weighted by Gasteiger charge is -2.02. The highest BCUT2D eigenvalue weighted by Gasteiger charge is 2.07. The van der Waals surface area contributed by atoms with E-state index in [0.717, 1.165) is 0 Å². The molecule has 76 valence electrons. The summed E-state index contributed by atoms with van der Waals surface area (Å²) in [5.74, 6) is -0.715. The van der Waals surface area contributed by atoms with Crippen LogP contribution >= 0.6 is 11.3 Å². The molecule has 1 aromatic carbocycles. The standard InChI is InChI=1S/C10H7FN2OS/c11-7-2-1-3-8(4-7)13-10(14)9-5-15-6-12-9/h1-6H,(H,13,14). The number of aromatic nitrogens is 1. The zero-order chi connectivity index (χ0) is 10.7. The fourth-order valence-corrected chi connectivity index (χ4v) is 1.62. The Labute approximate surface area is 89.6 Å². The second kappa shape index (κ2) is 4.18. The zero-order valence-electron chi connectivity index (χ0n) is 7.61. The average molecular weight is 222 g/mol. The molecule has 5 heteroatoms. The number of benzene rings is 1. The summed E-state index contributed by atoms with van der Waals surface area (Å²) in [4.78, 5) is 15.3. The number of amides is 1. The molecule has 2 rings (SSSR count). The summed E-state index contributed by atoms with van der Waals surface area (Å²) in [6.45, 7) is 0. The quantitative estimate of drug-likeness (QED) is 0.848. The van der Waals surface area contributed by atoms with Crippen LogP contribution in [0.3, 0.4) is 0 Å². The van der Waals surface area contributed by atoms with Crippen LogP contribution in [-0.2, 0) is 0 Å². The van der Waals surface area contributed by atoms with Gasteiger partial charge in [0.15, 0.2) is 0 Å². The van der Waals surface area contributed by atoms with Crippen molar-refractivity contribution in [2.45, 2.75) is 0 Å². The Hall–Kier alpha value is -1.75. The number of carbonyl (C=O) groups is 1. The third-order valence-electron chi connectivity index (χ3n) is 1.75. The van der Waals surface area contributed by atoms with Gasteiger partial charge in [-0.15, -0.1) is 11.3 Å². The summed E-state index contributed by atoms with van der Waals surface area (Å²) in [5.41, 5.74) is 2.33. The van der Waals surface area contributed by atoms with Gasteiger partial charge in [-0.25, -0.2) is 9.37 Å². The topological polar surface area (TPSA) is 42.0 Å². The van der Waals surface area contributed by atoms with Crippen molar-refractivity contribution in [1.29, 1.82) is 0 Å². The number of carbonyl (C=O) groups excluding carboxylic acids is 1. The number of halogens is 1. The van der Waals surface area contributed by atoms with Crippen LogP contribution in [0.4, 0.5) is 10.1 Å². The molecule has 0 atom stereocenters. The van der Waals surface area contributed by atoms with Gasteiger partial charge in [-0.2, -0.15) is 0 Å². The minimum absolute atomic E-state index is 0.332. The van der Waals surface area contributed by atoms with Crippen LogP contribution in [0.2, 0.25) is 0 Å². The molecule has 1 amide bonds. The van der Waals surface area contributed by atoms with Gasteiger partial charge >= 0.3 is 0 Å². The Morgan fingerprint density at radius 2 is 2.33 bits per heavy atom. The fraction of sp³-hybridized carbons (Fsp3) is 0.